The average Bonchev–Trinajstić information content (AvgIpc) is 2.53. The highest BCUT2D eigenvalue weighted by molar-refractivity contribution is 5.92. The number of benzene rings is 1. The number of carbonyl (C=O) groups is 2. The van der Waals surface area contributed by atoms with Crippen LogP contribution in [0.4, 0.5) is 10.5 Å². The molecular weight excluding hydrogens is 310 g/mol. The van der Waals surface area contributed by atoms with Gasteiger partial charge in [-0.2, -0.15) is 0 Å². The molecule has 0 heterocycles. The molecule has 0 aliphatic rings. The van der Waals surface area contributed by atoms with Crippen molar-refractivity contribution in [3.05, 3.63) is 23.8 Å². The van der Waals surface area contributed by atoms with Gasteiger partial charge < -0.3 is 14.9 Å². The summed E-state index contributed by atoms with van der Waals surface area (Å²) in [5.41, 5.74) is 0.0753. The van der Waals surface area contributed by atoms with E-state index in [2.05, 4.69) is 12.2 Å². The molecule has 0 bridgehead atoms. The average molecular weight is 337 g/mol. The summed E-state index contributed by atoms with van der Waals surface area (Å²) in [6.45, 7) is 2.55. The maximum atomic E-state index is 11.6. The largest absolute Gasteiger partial charge is 0.507 e. The van der Waals surface area contributed by atoms with Crippen LogP contribution >= 0.6 is 0 Å². The lowest BCUT2D eigenvalue weighted by Gasteiger charge is -2.08. The van der Waals surface area contributed by atoms with Gasteiger partial charge in [-0.1, -0.05) is 51.9 Å². The van der Waals surface area contributed by atoms with Gasteiger partial charge in [-0.25, -0.2) is 9.59 Å². The normalized spacial score (nSPS) is 10.4. The second kappa shape index (κ2) is 11.3. The molecule has 0 saturated carbocycles. The second-order valence-corrected chi connectivity index (χ2v) is 5.77. The van der Waals surface area contributed by atoms with E-state index in [-0.39, 0.29) is 5.56 Å². The minimum absolute atomic E-state index is 0.215. The fraction of sp³-hybridized carbons (Fsp3) is 0.556. The molecule has 24 heavy (non-hydrogen) atoms. The minimum atomic E-state index is -1.23. The molecule has 1 aromatic rings. The smallest absolute Gasteiger partial charge is 0.411 e. The number of hydrogen-bond donors (Lipinski definition) is 3. The number of nitrogens with one attached hydrogen (secondary N) is 1. The minimum Gasteiger partial charge on any atom is -0.507 e. The Bertz CT molecular complexity index is 530. The van der Waals surface area contributed by atoms with Crippen LogP contribution in [-0.4, -0.2) is 28.9 Å². The number of unbranched alkanes of at least 4 members (excludes halogenated alkanes) is 7. The molecule has 0 spiro atoms. The summed E-state index contributed by atoms with van der Waals surface area (Å²) >= 11 is 0. The van der Waals surface area contributed by atoms with E-state index >= 15 is 0 Å². The summed E-state index contributed by atoms with van der Waals surface area (Å²) in [6.07, 6.45) is 8.74. The van der Waals surface area contributed by atoms with Crippen LogP contribution in [0.1, 0.15) is 68.6 Å². The van der Waals surface area contributed by atoms with Gasteiger partial charge in [0.15, 0.2) is 0 Å². The van der Waals surface area contributed by atoms with Gasteiger partial charge in [0.1, 0.15) is 11.3 Å². The van der Waals surface area contributed by atoms with Crippen molar-refractivity contribution in [1.82, 2.24) is 0 Å². The van der Waals surface area contributed by atoms with E-state index in [1.807, 2.05) is 0 Å². The molecule has 134 valence electrons. The molecule has 0 fully saturated rings. The van der Waals surface area contributed by atoms with Gasteiger partial charge in [-0.15, -0.1) is 0 Å². The van der Waals surface area contributed by atoms with Gasteiger partial charge >= 0.3 is 12.1 Å². The first kappa shape index (κ1) is 19.8. The lowest BCUT2D eigenvalue weighted by Crippen LogP contribution is -2.14. The molecule has 3 N–H and O–H groups in total. The van der Waals surface area contributed by atoms with E-state index < -0.39 is 17.8 Å². The van der Waals surface area contributed by atoms with E-state index in [0.29, 0.717) is 12.3 Å². The number of carboxylic acids is 1. The lowest BCUT2D eigenvalue weighted by atomic mass is 10.1. The number of amides is 1. The van der Waals surface area contributed by atoms with Gasteiger partial charge in [0.05, 0.1) is 6.61 Å². The van der Waals surface area contributed by atoms with Crippen molar-refractivity contribution in [3.63, 3.8) is 0 Å². The van der Waals surface area contributed by atoms with Crippen LogP contribution in [0.25, 0.3) is 0 Å². The van der Waals surface area contributed by atoms with Crippen molar-refractivity contribution in [2.24, 2.45) is 0 Å². The van der Waals surface area contributed by atoms with Gasteiger partial charge in [0.2, 0.25) is 0 Å². The fourth-order valence-corrected chi connectivity index (χ4v) is 2.34. The van der Waals surface area contributed by atoms with E-state index in [0.717, 1.165) is 19.3 Å². The van der Waals surface area contributed by atoms with E-state index in [4.69, 9.17) is 9.84 Å². The van der Waals surface area contributed by atoms with Crippen LogP contribution in [0, 0.1) is 0 Å². The van der Waals surface area contributed by atoms with Crippen molar-refractivity contribution in [3.8, 4) is 5.75 Å². The maximum absolute atomic E-state index is 11.6. The summed E-state index contributed by atoms with van der Waals surface area (Å²) in [7, 11) is 0. The van der Waals surface area contributed by atoms with Crippen molar-refractivity contribution in [2.75, 3.05) is 11.9 Å². The van der Waals surface area contributed by atoms with Gasteiger partial charge in [-0.05, 0) is 18.6 Å². The number of rotatable bonds is 11. The van der Waals surface area contributed by atoms with Gasteiger partial charge in [0, 0.05) is 11.8 Å². The topological polar surface area (TPSA) is 95.9 Å². The molecule has 0 unspecified atom stereocenters. The van der Waals surface area contributed by atoms with Gasteiger partial charge in [0.25, 0.3) is 0 Å². The fourth-order valence-electron chi connectivity index (χ4n) is 2.34. The molecule has 1 aromatic carbocycles. The molecule has 0 aliphatic carbocycles. The Hall–Kier alpha value is -2.24. The predicted molar refractivity (Wildman–Crippen MR) is 92.6 cm³/mol. The summed E-state index contributed by atoms with van der Waals surface area (Å²) in [5, 5.41) is 20.8. The van der Waals surface area contributed by atoms with Crippen LogP contribution in [0.3, 0.4) is 0 Å². The highest BCUT2D eigenvalue weighted by Crippen LogP contribution is 2.22. The molecule has 0 saturated heterocycles. The molecule has 0 aliphatic heterocycles. The maximum Gasteiger partial charge on any atom is 0.411 e. The molecule has 6 nitrogen and oxygen atoms in total. The number of carbonyl (C=O) groups excluding carboxylic acids is 1. The molecule has 0 aromatic heterocycles. The first-order valence-electron chi connectivity index (χ1n) is 8.54. The number of anilines is 1. The lowest BCUT2D eigenvalue weighted by molar-refractivity contribution is 0.0693. The van der Waals surface area contributed by atoms with Crippen molar-refractivity contribution in [2.45, 2.75) is 58.3 Å². The second-order valence-electron chi connectivity index (χ2n) is 5.77. The third-order valence-electron chi connectivity index (χ3n) is 3.71. The van der Waals surface area contributed by atoms with Crippen LogP contribution in [0.2, 0.25) is 0 Å². The number of phenols is 1. The molecule has 1 rings (SSSR count). The Morgan fingerprint density at radius 1 is 1.04 bits per heavy atom. The zero-order valence-electron chi connectivity index (χ0n) is 14.2. The highest BCUT2D eigenvalue weighted by atomic mass is 16.5. The molecular formula is C18H27NO5. The van der Waals surface area contributed by atoms with E-state index in [9.17, 15) is 14.7 Å². The quantitative estimate of drug-likeness (QED) is 0.505. The molecule has 0 atom stereocenters. The molecule has 0 radical (unpaired) electrons. The van der Waals surface area contributed by atoms with Crippen molar-refractivity contribution >= 4 is 17.7 Å². The molecule has 6 heteroatoms. The molecule has 1 amide bonds. The number of aromatic carboxylic acids is 1. The van der Waals surface area contributed by atoms with Crippen LogP contribution < -0.4 is 5.32 Å². The first-order chi connectivity index (χ1) is 11.5. The predicted octanol–water partition coefficient (Wildman–Crippen LogP) is 4.78. The SMILES string of the molecule is CCCCCCCCCCOC(=O)Nc1ccc(C(=O)O)c(O)c1. The van der Waals surface area contributed by atoms with Crippen LogP contribution in [-0.2, 0) is 4.74 Å². The number of hydrogen-bond acceptors (Lipinski definition) is 4. The summed E-state index contributed by atoms with van der Waals surface area (Å²) in [5.74, 6) is -1.63. The van der Waals surface area contributed by atoms with E-state index in [1.54, 1.807) is 0 Å². The van der Waals surface area contributed by atoms with Crippen molar-refractivity contribution in [1.29, 1.82) is 0 Å². The number of carboxylic acid groups (broad SMARTS) is 1. The highest BCUT2D eigenvalue weighted by Gasteiger charge is 2.11. The Kier molecular flexibility index (Phi) is 9.34. The monoisotopic (exact) mass is 337 g/mol. The van der Waals surface area contributed by atoms with Crippen LogP contribution in [0.5, 0.6) is 5.75 Å². The Labute approximate surface area is 142 Å². The van der Waals surface area contributed by atoms with Crippen molar-refractivity contribution < 1.29 is 24.5 Å². The number of aromatic hydroxyl groups is 1. The summed E-state index contributed by atoms with van der Waals surface area (Å²) in [4.78, 5) is 22.4. The van der Waals surface area contributed by atoms with Crippen LogP contribution in [0.15, 0.2) is 18.2 Å². The summed E-state index contributed by atoms with van der Waals surface area (Å²) in [6, 6.07) is 3.81. The zero-order chi connectivity index (χ0) is 17.8. The Morgan fingerprint density at radius 3 is 2.25 bits per heavy atom. The number of ether oxygens (including phenoxy) is 1. The Morgan fingerprint density at radius 2 is 1.67 bits per heavy atom. The first-order valence-corrected chi connectivity index (χ1v) is 8.54. The third kappa shape index (κ3) is 7.85. The van der Waals surface area contributed by atoms with Gasteiger partial charge in [-0.3, -0.25) is 5.32 Å². The zero-order valence-corrected chi connectivity index (χ0v) is 14.2. The van der Waals surface area contributed by atoms with E-state index in [1.165, 1.54) is 50.3 Å². The summed E-state index contributed by atoms with van der Waals surface area (Å²) < 4.78 is 5.06. The Balaban J connectivity index is 2.16. The standard InChI is InChI=1S/C18H27NO5/c1-2-3-4-5-6-7-8-9-12-24-18(23)19-14-10-11-15(17(21)22)16(20)13-14/h10-11,13,20H,2-9,12H2,1H3,(H,19,23)(H,21,22). The third-order valence-corrected chi connectivity index (χ3v) is 3.71.